The van der Waals surface area contributed by atoms with Crippen LogP contribution in [0.3, 0.4) is 0 Å². The molecule has 0 aliphatic carbocycles. The Morgan fingerprint density at radius 2 is 1.53 bits per heavy atom. The van der Waals surface area contributed by atoms with Gasteiger partial charge in [-0.2, -0.15) is 0 Å². The van der Waals surface area contributed by atoms with Gasteiger partial charge in [0.25, 0.3) is 11.8 Å². The summed E-state index contributed by atoms with van der Waals surface area (Å²) in [5.74, 6) is -1.35. The van der Waals surface area contributed by atoms with Crippen molar-refractivity contribution >= 4 is 23.4 Å². The van der Waals surface area contributed by atoms with Crippen LogP contribution in [-0.2, 0) is 9.59 Å². The lowest BCUT2D eigenvalue weighted by Crippen LogP contribution is -2.50. The van der Waals surface area contributed by atoms with Gasteiger partial charge in [-0.25, -0.2) is 5.48 Å². The minimum atomic E-state index is -1.03. The van der Waals surface area contributed by atoms with E-state index in [0.29, 0.717) is 17.8 Å². The van der Waals surface area contributed by atoms with E-state index in [0.717, 1.165) is 11.1 Å². The molecule has 0 saturated carbocycles. The van der Waals surface area contributed by atoms with E-state index < -0.39 is 17.9 Å². The molecule has 6 N–H and O–H groups in total. The number of nitrogens with zero attached hydrogens (tertiary/aromatic N) is 1. The Balaban J connectivity index is 2.00. The molecule has 0 heterocycles. The summed E-state index contributed by atoms with van der Waals surface area (Å²) < 4.78 is 0. The number of anilines is 1. The van der Waals surface area contributed by atoms with Crippen molar-refractivity contribution in [3.8, 4) is 11.1 Å². The number of likely N-dealkylation sites (N-methyl/N-ethyl adjacent to an activating group) is 1. The Bertz CT molecular complexity index is 936. The second-order valence-electron chi connectivity index (χ2n) is 8.47. The maximum Gasteiger partial charge on any atom is 0.267 e. The molecule has 32 heavy (non-hydrogen) atoms. The van der Waals surface area contributed by atoms with Gasteiger partial charge in [0.15, 0.2) is 0 Å². The quantitative estimate of drug-likeness (QED) is 0.312. The van der Waals surface area contributed by atoms with Gasteiger partial charge in [-0.3, -0.25) is 24.5 Å². The zero-order chi connectivity index (χ0) is 23.9. The Hall–Kier alpha value is -3.27. The molecule has 0 radical (unpaired) electrons. The lowest BCUT2D eigenvalue weighted by molar-refractivity contribution is -0.130. The number of nitrogens with two attached hydrogens (primary N) is 1. The second kappa shape index (κ2) is 10.9. The summed E-state index contributed by atoms with van der Waals surface area (Å²) >= 11 is 0. The molecule has 0 spiro atoms. The van der Waals surface area contributed by atoms with E-state index >= 15 is 0 Å². The van der Waals surface area contributed by atoms with Crippen LogP contribution in [0.5, 0.6) is 0 Å². The maximum absolute atomic E-state index is 12.3. The van der Waals surface area contributed by atoms with Crippen molar-refractivity contribution in [2.45, 2.75) is 32.4 Å². The van der Waals surface area contributed by atoms with E-state index in [1.165, 1.54) is 5.48 Å². The van der Waals surface area contributed by atoms with Crippen LogP contribution in [0, 0.1) is 0 Å². The number of benzene rings is 2. The third-order valence-corrected chi connectivity index (χ3v) is 5.14. The number of rotatable bonds is 8. The number of hydrogen-bond acceptors (Lipinski definition) is 6. The number of hydroxylamine groups is 1. The number of carbonyl (C=O) groups is 3. The Kier molecular flexibility index (Phi) is 8.48. The number of nitrogens with one attached hydrogen (secondary N) is 3. The second-order valence-corrected chi connectivity index (χ2v) is 8.47. The summed E-state index contributed by atoms with van der Waals surface area (Å²) in [6, 6.07) is 13.2. The summed E-state index contributed by atoms with van der Waals surface area (Å²) in [6.45, 7) is 6.29. The molecule has 2 aromatic carbocycles. The zero-order valence-corrected chi connectivity index (χ0v) is 18.8. The lowest BCUT2D eigenvalue weighted by Gasteiger charge is -2.31. The van der Waals surface area contributed by atoms with Crippen molar-refractivity contribution in [1.29, 1.82) is 0 Å². The first-order chi connectivity index (χ1) is 15.0. The van der Waals surface area contributed by atoms with Gasteiger partial charge in [0.2, 0.25) is 5.91 Å². The van der Waals surface area contributed by atoms with Crippen LogP contribution in [0.4, 0.5) is 5.69 Å². The fourth-order valence-corrected chi connectivity index (χ4v) is 2.76. The summed E-state index contributed by atoms with van der Waals surface area (Å²) in [5, 5.41) is 14.0. The van der Waals surface area contributed by atoms with Crippen molar-refractivity contribution in [2.75, 3.05) is 25.5 Å². The van der Waals surface area contributed by atoms with E-state index in [1.807, 2.05) is 57.0 Å². The van der Waals surface area contributed by atoms with Crippen LogP contribution in [-0.4, -0.2) is 59.5 Å². The van der Waals surface area contributed by atoms with Crippen molar-refractivity contribution in [1.82, 2.24) is 15.7 Å². The molecule has 172 valence electrons. The van der Waals surface area contributed by atoms with Gasteiger partial charge in [0.05, 0.1) is 6.54 Å². The Morgan fingerprint density at radius 3 is 2.00 bits per heavy atom. The largest absolute Gasteiger partial charge is 0.339 e. The molecular weight excluding hydrogens is 410 g/mol. The van der Waals surface area contributed by atoms with Crippen LogP contribution in [0.15, 0.2) is 48.5 Å². The molecule has 0 saturated heterocycles. The number of hydrogen-bond donors (Lipinski definition) is 5. The highest BCUT2D eigenvalue weighted by Gasteiger charge is 2.20. The monoisotopic (exact) mass is 441 g/mol. The van der Waals surface area contributed by atoms with Crippen molar-refractivity contribution in [3.05, 3.63) is 54.1 Å². The summed E-state index contributed by atoms with van der Waals surface area (Å²) in [4.78, 5) is 38.0. The summed E-state index contributed by atoms with van der Waals surface area (Å²) in [7, 11) is 1.91. The van der Waals surface area contributed by atoms with Crippen LogP contribution >= 0.6 is 0 Å². The van der Waals surface area contributed by atoms with E-state index in [2.05, 4.69) is 10.6 Å². The average molecular weight is 442 g/mol. The molecule has 2 rings (SSSR count). The lowest BCUT2D eigenvalue weighted by atomic mass is 10.0. The summed E-state index contributed by atoms with van der Waals surface area (Å²) in [6.07, 6.45) is 0. The minimum Gasteiger partial charge on any atom is -0.339 e. The average Bonchev–Trinajstić information content (AvgIpc) is 2.76. The Labute approximate surface area is 187 Å². The minimum absolute atomic E-state index is 0.0868. The Morgan fingerprint density at radius 1 is 1.00 bits per heavy atom. The van der Waals surface area contributed by atoms with Gasteiger partial charge in [0.1, 0.15) is 6.04 Å². The molecule has 0 aliphatic heterocycles. The molecule has 0 fully saturated rings. The first-order valence-corrected chi connectivity index (χ1v) is 10.2. The SMILES string of the molecule is CN(CC(=O)Nc1ccc(-c2ccc(C(=O)N[C@@H](CN)C(=O)NO)cc2)cc1)C(C)(C)C. The van der Waals surface area contributed by atoms with Crippen molar-refractivity contribution in [2.24, 2.45) is 5.73 Å². The molecule has 3 amide bonds. The first kappa shape index (κ1) is 25.0. The normalized spacial score (nSPS) is 12.2. The van der Waals surface area contributed by atoms with E-state index in [1.54, 1.807) is 24.3 Å². The van der Waals surface area contributed by atoms with Gasteiger partial charge in [-0.1, -0.05) is 24.3 Å². The highest BCUT2D eigenvalue weighted by molar-refractivity contribution is 5.98. The standard InChI is InChI=1S/C23H31N5O4/c1-23(2,3)28(4)14-20(29)25-18-11-9-16(10-12-18)15-5-7-17(8-6-15)21(30)26-19(13-24)22(31)27-32/h5-12,19,32H,13-14,24H2,1-4H3,(H,25,29)(H,26,30)(H,27,31)/t19-/m0/s1. The van der Waals surface area contributed by atoms with E-state index in [-0.39, 0.29) is 18.0 Å². The van der Waals surface area contributed by atoms with Gasteiger partial charge in [0, 0.05) is 23.3 Å². The third kappa shape index (κ3) is 6.88. The van der Waals surface area contributed by atoms with Crippen LogP contribution in [0.25, 0.3) is 11.1 Å². The van der Waals surface area contributed by atoms with Gasteiger partial charge < -0.3 is 16.4 Å². The fourth-order valence-electron chi connectivity index (χ4n) is 2.76. The predicted octanol–water partition coefficient (Wildman–Crippen LogP) is 1.58. The number of carbonyl (C=O) groups excluding carboxylic acids is 3. The molecule has 1 atom stereocenters. The van der Waals surface area contributed by atoms with Crippen LogP contribution in [0.2, 0.25) is 0 Å². The molecule has 9 nitrogen and oxygen atoms in total. The van der Waals surface area contributed by atoms with E-state index in [4.69, 9.17) is 10.9 Å². The summed E-state index contributed by atoms with van der Waals surface area (Å²) in [5.41, 5.74) is 9.68. The molecule has 0 aromatic heterocycles. The molecule has 0 aliphatic rings. The molecular formula is C23H31N5O4. The van der Waals surface area contributed by atoms with Gasteiger partial charge in [-0.15, -0.1) is 0 Å². The molecule has 0 unspecified atom stereocenters. The van der Waals surface area contributed by atoms with Crippen LogP contribution < -0.4 is 21.8 Å². The topological polar surface area (TPSA) is 137 Å². The zero-order valence-electron chi connectivity index (χ0n) is 18.8. The molecule has 0 bridgehead atoms. The molecule has 2 aromatic rings. The highest BCUT2D eigenvalue weighted by Crippen LogP contribution is 2.22. The van der Waals surface area contributed by atoms with Crippen LogP contribution in [0.1, 0.15) is 31.1 Å². The van der Waals surface area contributed by atoms with Crippen molar-refractivity contribution in [3.63, 3.8) is 0 Å². The third-order valence-electron chi connectivity index (χ3n) is 5.14. The van der Waals surface area contributed by atoms with E-state index in [9.17, 15) is 14.4 Å². The molecule has 9 heteroatoms. The predicted molar refractivity (Wildman–Crippen MR) is 123 cm³/mol. The number of amides is 3. The smallest absolute Gasteiger partial charge is 0.267 e. The van der Waals surface area contributed by atoms with Crippen molar-refractivity contribution < 1.29 is 19.6 Å². The highest BCUT2D eigenvalue weighted by atomic mass is 16.5. The fraction of sp³-hybridized carbons (Fsp3) is 0.348. The van der Waals surface area contributed by atoms with Gasteiger partial charge >= 0.3 is 0 Å². The first-order valence-electron chi connectivity index (χ1n) is 10.2. The van der Waals surface area contributed by atoms with Gasteiger partial charge in [-0.05, 0) is 63.2 Å². The maximum atomic E-state index is 12.3.